The molecule has 0 aliphatic heterocycles. The number of hydrogen-bond donors (Lipinski definition) is 3. The summed E-state index contributed by atoms with van der Waals surface area (Å²) in [5.74, 6) is -0.00645. The summed E-state index contributed by atoms with van der Waals surface area (Å²) in [5.41, 5.74) is 0. The number of aliphatic hydroxyl groups excluding tert-OH is 2. The second kappa shape index (κ2) is 64.4. The Morgan fingerprint density at radius 1 is 0.324 bits per heavy atom. The first kappa shape index (κ1) is 72.9. The number of aliphatic hydroxyl groups is 2. The smallest absolute Gasteiger partial charge is 0.305 e. The van der Waals surface area contributed by atoms with Gasteiger partial charge in [0.15, 0.2) is 0 Å². The quantitative estimate of drug-likeness (QED) is 0.0417. The number of rotatable bonds is 65. The molecule has 2 unspecified atom stereocenters. The minimum absolute atomic E-state index is 0.0222. The molecule has 0 aliphatic carbocycles. The fraction of sp³-hybridized carbons (Fsp3) is 0.971. The van der Waals surface area contributed by atoms with Gasteiger partial charge in [0, 0.05) is 12.8 Å². The van der Waals surface area contributed by atoms with E-state index in [2.05, 4.69) is 19.2 Å². The van der Waals surface area contributed by atoms with E-state index in [-0.39, 0.29) is 18.5 Å². The maximum Gasteiger partial charge on any atom is 0.305 e. The highest BCUT2D eigenvalue weighted by molar-refractivity contribution is 5.76. The van der Waals surface area contributed by atoms with Gasteiger partial charge in [-0.3, -0.25) is 9.59 Å². The summed E-state index contributed by atoms with van der Waals surface area (Å²) in [6.45, 7) is 5.00. The van der Waals surface area contributed by atoms with Crippen LogP contribution in [0.2, 0.25) is 0 Å². The summed E-state index contributed by atoms with van der Waals surface area (Å²) in [7, 11) is 0. The summed E-state index contributed by atoms with van der Waals surface area (Å²) in [6, 6.07) is -0.538. The van der Waals surface area contributed by atoms with Crippen LogP contribution in [0.5, 0.6) is 0 Å². The minimum atomic E-state index is -0.661. The van der Waals surface area contributed by atoms with Crippen LogP contribution >= 0.6 is 0 Å². The monoisotopic (exact) mass is 1050 g/mol. The zero-order valence-corrected chi connectivity index (χ0v) is 50.6. The molecule has 6 nitrogen and oxygen atoms in total. The molecule has 0 heterocycles. The first-order valence-corrected chi connectivity index (χ1v) is 34.3. The van der Waals surface area contributed by atoms with Crippen molar-refractivity contribution >= 4 is 11.9 Å². The molecule has 0 fully saturated rings. The van der Waals surface area contributed by atoms with Crippen molar-refractivity contribution in [3.63, 3.8) is 0 Å². The van der Waals surface area contributed by atoms with E-state index in [1.54, 1.807) is 0 Å². The molecule has 2 atom stereocenters. The third-order valence-corrected chi connectivity index (χ3v) is 16.4. The fourth-order valence-corrected chi connectivity index (χ4v) is 11.2. The van der Waals surface area contributed by atoms with Gasteiger partial charge in [-0.25, -0.2) is 0 Å². The zero-order valence-electron chi connectivity index (χ0n) is 50.6. The summed E-state index contributed by atoms with van der Waals surface area (Å²) in [6.07, 6.45) is 77.1. The van der Waals surface area contributed by atoms with E-state index in [9.17, 15) is 19.8 Å². The number of ether oxygens (including phenoxy) is 1. The third-order valence-electron chi connectivity index (χ3n) is 16.4. The lowest BCUT2D eigenvalue weighted by atomic mass is 10.0. The standard InChI is InChI=1S/C68H135NO5/c1-3-5-7-9-11-13-15-17-32-36-40-44-48-52-56-60-66(71)65(64-70)69-67(72)61-57-53-49-45-41-37-34-30-28-26-24-22-20-19-21-23-25-27-29-31-35-39-43-47-51-55-59-63-74-68(73)62-58-54-50-46-42-38-33-18-16-14-12-10-8-6-4-2/h65-66,70-71H,3-64H2,1-2H3,(H,69,72). The number of unbranched alkanes of at least 4 members (excludes halogenated alkanes) is 54. The van der Waals surface area contributed by atoms with Crippen molar-refractivity contribution in [1.82, 2.24) is 5.32 Å². The molecule has 0 saturated heterocycles. The molecule has 0 aromatic rings. The third kappa shape index (κ3) is 60.1. The fourth-order valence-electron chi connectivity index (χ4n) is 11.2. The normalized spacial score (nSPS) is 12.4. The first-order valence-electron chi connectivity index (χ1n) is 34.3. The second-order valence-corrected chi connectivity index (χ2v) is 23.9. The average molecular weight is 1050 g/mol. The molecule has 0 bridgehead atoms. The summed E-state index contributed by atoms with van der Waals surface area (Å²) in [5, 5.41) is 23.3. The van der Waals surface area contributed by atoms with Crippen molar-refractivity contribution in [1.29, 1.82) is 0 Å². The highest BCUT2D eigenvalue weighted by atomic mass is 16.5. The van der Waals surface area contributed by atoms with Crippen LogP contribution in [0.1, 0.15) is 399 Å². The number of esters is 1. The molecule has 0 aromatic heterocycles. The van der Waals surface area contributed by atoms with E-state index in [0.717, 1.165) is 38.5 Å². The minimum Gasteiger partial charge on any atom is -0.466 e. The molecule has 0 aromatic carbocycles. The van der Waals surface area contributed by atoms with Crippen molar-refractivity contribution in [2.24, 2.45) is 0 Å². The van der Waals surface area contributed by atoms with Crippen molar-refractivity contribution in [3.8, 4) is 0 Å². The van der Waals surface area contributed by atoms with Crippen LogP contribution in [0, 0.1) is 0 Å². The van der Waals surface area contributed by atoms with Gasteiger partial charge in [-0.2, -0.15) is 0 Å². The van der Waals surface area contributed by atoms with Gasteiger partial charge in [0.1, 0.15) is 0 Å². The van der Waals surface area contributed by atoms with Crippen LogP contribution in [0.15, 0.2) is 0 Å². The SMILES string of the molecule is CCCCCCCCCCCCCCCCCC(=O)OCCCCCCCCCCCCCCCCCCCCCCCCCCCCCC(=O)NC(CO)C(O)CCCCCCCCCCCCCCCCC. The Morgan fingerprint density at radius 2 is 0.554 bits per heavy atom. The number of amides is 1. The van der Waals surface area contributed by atoms with Crippen LogP contribution < -0.4 is 5.32 Å². The van der Waals surface area contributed by atoms with Gasteiger partial charge in [-0.1, -0.05) is 361 Å². The molecule has 0 spiro atoms. The predicted molar refractivity (Wildman–Crippen MR) is 324 cm³/mol. The van der Waals surface area contributed by atoms with Crippen LogP contribution in [0.4, 0.5) is 0 Å². The molecule has 442 valence electrons. The van der Waals surface area contributed by atoms with Gasteiger partial charge in [-0.05, 0) is 25.7 Å². The van der Waals surface area contributed by atoms with Crippen molar-refractivity contribution in [2.45, 2.75) is 411 Å². The van der Waals surface area contributed by atoms with Gasteiger partial charge in [0.05, 0.1) is 25.4 Å². The lowest BCUT2D eigenvalue weighted by molar-refractivity contribution is -0.143. The molecular formula is C68H135NO5. The zero-order chi connectivity index (χ0) is 53.6. The predicted octanol–water partition coefficient (Wildman–Crippen LogP) is 21.8. The van der Waals surface area contributed by atoms with E-state index >= 15 is 0 Å². The Labute approximate surface area is 464 Å². The second-order valence-electron chi connectivity index (χ2n) is 23.9. The Morgan fingerprint density at radius 3 is 0.824 bits per heavy atom. The Bertz CT molecular complexity index is 1070. The van der Waals surface area contributed by atoms with E-state index in [0.29, 0.717) is 25.9 Å². The van der Waals surface area contributed by atoms with Gasteiger partial charge < -0.3 is 20.3 Å². The molecular weight excluding hydrogens is 911 g/mol. The molecule has 74 heavy (non-hydrogen) atoms. The van der Waals surface area contributed by atoms with Gasteiger partial charge in [0.25, 0.3) is 0 Å². The topological polar surface area (TPSA) is 95.9 Å². The maximum absolute atomic E-state index is 12.5. The van der Waals surface area contributed by atoms with Crippen molar-refractivity contribution < 1.29 is 24.5 Å². The van der Waals surface area contributed by atoms with Crippen molar-refractivity contribution in [2.75, 3.05) is 13.2 Å². The largest absolute Gasteiger partial charge is 0.466 e. The van der Waals surface area contributed by atoms with Crippen LogP contribution in [-0.4, -0.2) is 47.4 Å². The van der Waals surface area contributed by atoms with Gasteiger partial charge in [-0.15, -0.1) is 0 Å². The van der Waals surface area contributed by atoms with E-state index in [1.807, 2.05) is 0 Å². The first-order chi connectivity index (χ1) is 36.5. The summed E-state index contributed by atoms with van der Waals surface area (Å²) >= 11 is 0. The number of carbonyl (C=O) groups excluding carboxylic acids is 2. The highest BCUT2D eigenvalue weighted by Gasteiger charge is 2.20. The molecule has 3 N–H and O–H groups in total. The number of hydrogen-bond acceptors (Lipinski definition) is 5. The van der Waals surface area contributed by atoms with E-state index < -0.39 is 12.1 Å². The highest BCUT2D eigenvalue weighted by Crippen LogP contribution is 2.19. The summed E-state index contributed by atoms with van der Waals surface area (Å²) < 4.78 is 5.50. The average Bonchev–Trinajstić information content (AvgIpc) is 3.40. The van der Waals surface area contributed by atoms with Gasteiger partial charge in [0.2, 0.25) is 5.91 Å². The van der Waals surface area contributed by atoms with Crippen molar-refractivity contribution in [3.05, 3.63) is 0 Å². The van der Waals surface area contributed by atoms with E-state index in [4.69, 9.17) is 4.74 Å². The molecule has 6 heteroatoms. The van der Waals surface area contributed by atoms with E-state index in [1.165, 1.54) is 327 Å². The van der Waals surface area contributed by atoms with Crippen LogP contribution in [-0.2, 0) is 14.3 Å². The molecule has 0 rings (SSSR count). The van der Waals surface area contributed by atoms with Crippen LogP contribution in [0.25, 0.3) is 0 Å². The van der Waals surface area contributed by atoms with Crippen LogP contribution in [0.3, 0.4) is 0 Å². The molecule has 1 amide bonds. The molecule has 0 radical (unpaired) electrons. The maximum atomic E-state index is 12.5. The van der Waals surface area contributed by atoms with Gasteiger partial charge >= 0.3 is 5.97 Å². The Hall–Kier alpha value is -1.14. The Kier molecular flexibility index (Phi) is 63.4. The Balaban J connectivity index is 3.32. The lowest BCUT2D eigenvalue weighted by Crippen LogP contribution is -2.45. The summed E-state index contributed by atoms with van der Waals surface area (Å²) in [4.78, 5) is 24.6. The molecule has 0 aliphatic rings. The molecule has 0 saturated carbocycles. The number of nitrogens with one attached hydrogen (secondary N) is 1. The number of carbonyl (C=O) groups is 2. The lowest BCUT2D eigenvalue weighted by Gasteiger charge is -2.22.